The molecule has 18 heavy (non-hydrogen) atoms. The lowest BCUT2D eigenvalue weighted by Crippen LogP contribution is -2.38. The summed E-state index contributed by atoms with van der Waals surface area (Å²) in [5, 5.41) is 0. The molecule has 0 bridgehead atoms. The summed E-state index contributed by atoms with van der Waals surface area (Å²) in [5.74, 6) is 0. The largest absolute Gasteiger partial charge is 0.380 e. The Bertz CT molecular complexity index is 399. The molecule has 100 valence electrons. The van der Waals surface area contributed by atoms with Gasteiger partial charge in [-0.1, -0.05) is 41.3 Å². The van der Waals surface area contributed by atoms with Gasteiger partial charge in [-0.05, 0) is 36.1 Å². The molecule has 1 aromatic rings. The summed E-state index contributed by atoms with van der Waals surface area (Å²) in [4.78, 5) is 0. The van der Waals surface area contributed by atoms with E-state index in [1.165, 1.54) is 43.2 Å². The van der Waals surface area contributed by atoms with E-state index in [1.807, 2.05) is 0 Å². The molecule has 0 heterocycles. The van der Waals surface area contributed by atoms with Gasteiger partial charge in [0.25, 0.3) is 0 Å². The van der Waals surface area contributed by atoms with E-state index in [9.17, 15) is 0 Å². The van der Waals surface area contributed by atoms with Crippen molar-refractivity contribution in [2.45, 2.75) is 44.1 Å². The van der Waals surface area contributed by atoms with Gasteiger partial charge < -0.3 is 10.5 Å². The van der Waals surface area contributed by atoms with Crippen molar-refractivity contribution in [1.29, 1.82) is 0 Å². The first-order valence-corrected chi connectivity index (χ1v) is 7.49. The van der Waals surface area contributed by atoms with Gasteiger partial charge in [0, 0.05) is 23.5 Å². The highest BCUT2D eigenvalue weighted by Gasteiger charge is 2.34. The van der Waals surface area contributed by atoms with Gasteiger partial charge >= 0.3 is 0 Å². The Kier molecular flexibility index (Phi) is 4.82. The number of halogens is 1. The second-order valence-corrected chi connectivity index (χ2v) is 6.20. The molecule has 2 N–H and O–H groups in total. The average molecular weight is 312 g/mol. The van der Waals surface area contributed by atoms with Crippen LogP contribution in [0.1, 0.15) is 43.2 Å². The molecule has 2 rings (SSSR count). The lowest BCUT2D eigenvalue weighted by atomic mass is 9.68. The highest BCUT2D eigenvalue weighted by Crippen LogP contribution is 2.41. The molecule has 3 heteroatoms. The van der Waals surface area contributed by atoms with E-state index in [0.29, 0.717) is 6.61 Å². The lowest BCUT2D eigenvalue weighted by Gasteiger charge is -2.38. The van der Waals surface area contributed by atoms with Crippen molar-refractivity contribution in [2.75, 3.05) is 13.7 Å². The van der Waals surface area contributed by atoms with Crippen LogP contribution in [0.5, 0.6) is 0 Å². The first-order valence-electron chi connectivity index (χ1n) is 6.70. The first-order chi connectivity index (χ1) is 8.72. The quantitative estimate of drug-likeness (QED) is 0.919. The van der Waals surface area contributed by atoms with E-state index in [-0.39, 0.29) is 5.41 Å². The minimum absolute atomic E-state index is 0.163. The molecule has 0 aromatic heterocycles. The number of rotatable bonds is 4. The molecular formula is C15H22BrNO. The number of methoxy groups -OCH3 is 1. The van der Waals surface area contributed by atoms with Crippen molar-refractivity contribution >= 4 is 15.9 Å². The molecule has 1 aliphatic rings. The van der Waals surface area contributed by atoms with Crippen molar-refractivity contribution in [3.63, 3.8) is 0 Å². The standard InChI is InChI=1S/C15H22BrNO/c1-18-10-12-5-6-13(16)9-14(12)15(11-17)7-3-2-4-8-15/h5-6,9H,2-4,7-8,10-11,17H2,1H3. The maximum absolute atomic E-state index is 6.13. The Morgan fingerprint density at radius 1 is 1.28 bits per heavy atom. The number of ether oxygens (including phenoxy) is 1. The Hall–Kier alpha value is -0.380. The molecule has 2 nitrogen and oxygen atoms in total. The van der Waals surface area contributed by atoms with Gasteiger partial charge in [-0.25, -0.2) is 0 Å². The minimum Gasteiger partial charge on any atom is -0.380 e. The van der Waals surface area contributed by atoms with Crippen LogP contribution >= 0.6 is 15.9 Å². The minimum atomic E-state index is 0.163. The molecule has 0 saturated heterocycles. The number of nitrogens with two attached hydrogens (primary N) is 1. The number of hydrogen-bond donors (Lipinski definition) is 1. The fourth-order valence-corrected chi connectivity index (χ4v) is 3.50. The summed E-state index contributed by atoms with van der Waals surface area (Å²) < 4.78 is 6.47. The van der Waals surface area contributed by atoms with E-state index in [4.69, 9.17) is 10.5 Å². The third kappa shape index (κ3) is 2.79. The molecule has 1 fully saturated rings. The number of hydrogen-bond acceptors (Lipinski definition) is 2. The van der Waals surface area contributed by atoms with E-state index in [0.717, 1.165) is 11.0 Å². The van der Waals surface area contributed by atoms with Crippen molar-refractivity contribution in [1.82, 2.24) is 0 Å². The van der Waals surface area contributed by atoms with Crippen LogP contribution in [0.2, 0.25) is 0 Å². The Balaban J connectivity index is 2.42. The zero-order valence-corrected chi connectivity index (χ0v) is 12.6. The molecule has 1 saturated carbocycles. The summed E-state index contributed by atoms with van der Waals surface area (Å²) in [7, 11) is 1.75. The second kappa shape index (κ2) is 6.18. The first kappa shape index (κ1) is 14.0. The summed E-state index contributed by atoms with van der Waals surface area (Å²) in [6.07, 6.45) is 6.33. The van der Waals surface area contributed by atoms with Crippen LogP contribution in [0, 0.1) is 0 Å². The van der Waals surface area contributed by atoms with E-state index < -0.39 is 0 Å². The molecule has 0 atom stereocenters. The Morgan fingerprint density at radius 3 is 2.61 bits per heavy atom. The Morgan fingerprint density at radius 2 is 2.00 bits per heavy atom. The van der Waals surface area contributed by atoms with Gasteiger partial charge in [-0.2, -0.15) is 0 Å². The fourth-order valence-electron chi connectivity index (χ4n) is 3.14. The van der Waals surface area contributed by atoms with Crippen molar-refractivity contribution in [2.24, 2.45) is 5.73 Å². The zero-order valence-electron chi connectivity index (χ0n) is 11.0. The highest BCUT2D eigenvalue weighted by atomic mass is 79.9. The van der Waals surface area contributed by atoms with Gasteiger partial charge in [-0.15, -0.1) is 0 Å². The monoisotopic (exact) mass is 311 g/mol. The highest BCUT2D eigenvalue weighted by molar-refractivity contribution is 9.10. The maximum atomic E-state index is 6.13. The molecule has 0 spiro atoms. The molecule has 0 amide bonds. The lowest BCUT2D eigenvalue weighted by molar-refractivity contribution is 0.181. The van der Waals surface area contributed by atoms with Gasteiger partial charge in [0.15, 0.2) is 0 Å². The SMILES string of the molecule is COCc1ccc(Br)cc1C1(CN)CCCCC1. The smallest absolute Gasteiger partial charge is 0.0715 e. The van der Waals surface area contributed by atoms with Crippen LogP contribution in [0.4, 0.5) is 0 Å². The van der Waals surface area contributed by atoms with Crippen molar-refractivity contribution < 1.29 is 4.74 Å². The summed E-state index contributed by atoms with van der Waals surface area (Å²) in [6.45, 7) is 1.41. The van der Waals surface area contributed by atoms with Crippen LogP contribution in [-0.4, -0.2) is 13.7 Å². The van der Waals surface area contributed by atoms with E-state index in [1.54, 1.807) is 7.11 Å². The molecule has 0 radical (unpaired) electrons. The van der Waals surface area contributed by atoms with Gasteiger partial charge in [0.05, 0.1) is 6.61 Å². The van der Waals surface area contributed by atoms with Crippen molar-refractivity contribution in [3.05, 3.63) is 33.8 Å². The predicted octanol–water partition coefficient (Wildman–Crippen LogP) is 3.76. The number of benzene rings is 1. The second-order valence-electron chi connectivity index (χ2n) is 5.28. The molecule has 1 aliphatic carbocycles. The average Bonchev–Trinajstić information content (AvgIpc) is 2.42. The zero-order chi connectivity index (χ0) is 13.0. The summed E-state index contributed by atoms with van der Waals surface area (Å²) >= 11 is 3.59. The van der Waals surface area contributed by atoms with Crippen LogP contribution in [0.3, 0.4) is 0 Å². The van der Waals surface area contributed by atoms with Crippen LogP contribution < -0.4 is 5.73 Å². The van der Waals surface area contributed by atoms with Crippen LogP contribution in [-0.2, 0) is 16.8 Å². The molecule has 0 unspecified atom stereocenters. The summed E-state index contributed by atoms with van der Waals surface area (Å²) in [5.41, 5.74) is 8.97. The van der Waals surface area contributed by atoms with E-state index >= 15 is 0 Å². The predicted molar refractivity (Wildman–Crippen MR) is 78.7 cm³/mol. The van der Waals surface area contributed by atoms with E-state index in [2.05, 4.69) is 34.1 Å². The van der Waals surface area contributed by atoms with Crippen LogP contribution in [0.15, 0.2) is 22.7 Å². The normalized spacial score (nSPS) is 18.8. The topological polar surface area (TPSA) is 35.2 Å². The summed E-state index contributed by atoms with van der Waals surface area (Å²) in [6, 6.07) is 6.49. The van der Waals surface area contributed by atoms with Gasteiger partial charge in [0.1, 0.15) is 0 Å². The Labute approximate surface area is 118 Å². The molecule has 1 aromatic carbocycles. The van der Waals surface area contributed by atoms with Crippen LogP contribution in [0.25, 0.3) is 0 Å². The third-order valence-electron chi connectivity index (χ3n) is 4.14. The van der Waals surface area contributed by atoms with Gasteiger partial charge in [-0.3, -0.25) is 0 Å². The molecule has 0 aliphatic heterocycles. The third-order valence-corrected chi connectivity index (χ3v) is 4.64. The van der Waals surface area contributed by atoms with Gasteiger partial charge in [0.2, 0.25) is 0 Å². The maximum Gasteiger partial charge on any atom is 0.0715 e. The fraction of sp³-hybridized carbons (Fsp3) is 0.600. The van der Waals surface area contributed by atoms with Crippen molar-refractivity contribution in [3.8, 4) is 0 Å². The molecular weight excluding hydrogens is 290 g/mol.